The van der Waals surface area contributed by atoms with Crippen molar-refractivity contribution in [2.75, 3.05) is 0 Å². The van der Waals surface area contributed by atoms with Crippen LogP contribution in [0.4, 0.5) is 17.6 Å². The molecule has 0 aliphatic heterocycles. The molecule has 4 aromatic carbocycles. The first-order valence-corrected chi connectivity index (χ1v) is 16.7. The fraction of sp³-hybridized carbons (Fsp3) is 0.136. The molecule has 0 N–H and O–H groups in total. The van der Waals surface area contributed by atoms with Crippen molar-refractivity contribution in [2.45, 2.75) is 40.5 Å². The molecular formula is C44H34F4N2O4Ti. The van der Waals surface area contributed by atoms with E-state index in [-0.39, 0.29) is 33.1 Å². The molecule has 0 fully saturated rings. The van der Waals surface area contributed by atoms with Gasteiger partial charge in [0.2, 0.25) is 0 Å². The summed E-state index contributed by atoms with van der Waals surface area (Å²) in [7, 11) is 0. The van der Waals surface area contributed by atoms with E-state index >= 15 is 0 Å². The molecule has 0 saturated carbocycles. The number of fused-ring (bicyclic) bond motifs is 2. The van der Waals surface area contributed by atoms with Crippen molar-refractivity contribution in [3.63, 3.8) is 0 Å². The van der Waals surface area contributed by atoms with Crippen LogP contribution in [0.15, 0.2) is 109 Å². The van der Waals surface area contributed by atoms with Gasteiger partial charge in [0.15, 0.2) is 0 Å². The summed E-state index contributed by atoms with van der Waals surface area (Å²) in [6, 6.07) is 22.9. The number of carbonyl (C=O) groups excluding carboxylic acids is 2. The second-order valence-electron chi connectivity index (χ2n) is 11.9. The third kappa shape index (κ3) is 11.2. The van der Waals surface area contributed by atoms with Crippen LogP contribution in [-0.4, -0.2) is 21.1 Å². The van der Waals surface area contributed by atoms with Crippen molar-refractivity contribution in [2.24, 2.45) is 0 Å². The van der Waals surface area contributed by atoms with Crippen molar-refractivity contribution in [3.8, 4) is 22.9 Å². The van der Waals surface area contributed by atoms with Gasteiger partial charge in [0.25, 0.3) is 0 Å². The number of ether oxygens (including phenoxy) is 2. The molecule has 8 rings (SSSR count). The number of rotatable bonds is 4. The molecule has 0 amide bonds. The van der Waals surface area contributed by atoms with Crippen LogP contribution in [-0.2, 0) is 31.3 Å². The van der Waals surface area contributed by atoms with Crippen LogP contribution in [0.1, 0.15) is 38.1 Å². The summed E-state index contributed by atoms with van der Waals surface area (Å²) in [6.07, 6.45) is 20.0. The zero-order chi connectivity index (χ0) is 38.8. The van der Waals surface area contributed by atoms with Gasteiger partial charge in [-0.1, -0.05) is 0 Å². The van der Waals surface area contributed by atoms with Gasteiger partial charge in [-0.3, -0.25) is 21.7 Å². The predicted octanol–water partition coefficient (Wildman–Crippen LogP) is 10.5. The minimum atomic E-state index is -0.760. The third-order valence-corrected chi connectivity index (χ3v) is 7.77. The Bertz CT molecular complexity index is 2250. The van der Waals surface area contributed by atoms with E-state index in [4.69, 9.17) is 9.47 Å². The molecule has 2 aliphatic carbocycles. The van der Waals surface area contributed by atoms with Crippen LogP contribution in [0.5, 0.6) is 11.5 Å². The van der Waals surface area contributed by atoms with Gasteiger partial charge in [0, 0.05) is 70.3 Å². The summed E-state index contributed by atoms with van der Waals surface area (Å²) in [6.45, 7) is 6.28. The van der Waals surface area contributed by atoms with Gasteiger partial charge in [-0.2, -0.15) is 12.2 Å². The summed E-state index contributed by atoms with van der Waals surface area (Å²) < 4.78 is 67.4. The van der Waals surface area contributed by atoms with E-state index in [1.54, 1.807) is 45.5 Å². The number of benzene rings is 4. The number of nitrogens with zero attached hydrogens (tertiary/aromatic N) is 2. The number of halogens is 4. The van der Waals surface area contributed by atoms with E-state index in [2.05, 4.69) is 24.3 Å². The van der Waals surface area contributed by atoms with Crippen molar-refractivity contribution in [1.29, 1.82) is 0 Å². The summed E-state index contributed by atoms with van der Waals surface area (Å²) in [5.41, 5.74) is 3.44. The van der Waals surface area contributed by atoms with E-state index in [1.165, 1.54) is 26.0 Å². The van der Waals surface area contributed by atoms with Crippen LogP contribution in [0, 0.1) is 61.4 Å². The number of allylic oxidation sites excluding steroid dienone is 8. The number of hydrogen-bond donors (Lipinski definition) is 0. The van der Waals surface area contributed by atoms with Gasteiger partial charge in [0.1, 0.15) is 11.5 Å². The number of hydrogen-bond acceptors (Lipinski definition) is 4. The Hall–Kier alpha value is -5.71. The van der Waals surface area contributed by atoms with Gasteiger partial charge >= 0.3 is 33.7 Å². The monoisotopic (exact) mass is 778 g/mol. The van der Waals surface area contributed by atoms with Gasteiger partial charge in [-0.15, -0.1) is 49.2 Å². The van der Waals surface area contributed by atoms with Crippen molar-refractivity contribution < 1.29 is 58.3 Å². The van der Waals surface area contributed by atoms with Gasteiger partial charge in [-0.05, 0) is 73.8 Å². The third-order valence-electron chi connectivity index (χ3n) is 7.77. The smallest absolute Gasteiger partial charge is 0.427 e. The fourth-order valence-corrected chi connectivity index (χ4v) is 5.66. The Balaban J connectivity index is 0.000000192. The van der Waals surface area contributed by atoms with Crippen LogP contribution < -0.4 is 9.47 Å². The molecule has 276 valence electrons. The largest absolute Gasteiger partial charge is 4.00 e. The first kappa shape index (κ1) is 42.0. The minimum Gasteiger partial charge on any atom is -0.427 e. The molecule has 0 radical (unpaired) electrons. The summed E-state index contributed by atoms with van der Waals surface area (Å²) in [4.78, 5) is 22.0. The van der Waals surface area contributed by atoms with E-state index in [1.807, 2.05) is 62.4 Å². The van der Waals surface area contributed by atoms with Gasteiger partial charge in [-0.25, -0.2) is 41.9 Å². The van der Waals surface area contributed by atoms with E-state index in [0.29, 0.717) is 11.5 Å². The zero-order valence-electron chi connectivity index (χ0n) is 30.3. The summed E-state index contributed by atoms with van der Waals surface area (Å²) in [5.74, 6) is -2.98. The molecule has 2 aliphatic rings. The second kappa shape index (κ2) is 19.6. The van der Waals surface area contributed by atoms with E-state index < -0.39 is 35.2 Å². The Morgan fingerprint density at radius 2 is 1.00 bits per heavy atom. The van der Waals surface area contributed by atoms with Crippen LogP contribution in [0.25, 0.3) is 33.2 Å². The van der Waals surface area contributed by atoms with Crippen molar-refractivity contribution >= 4 is 33.7 Å². The molecule has 6 nitrogen and oxygen atoms in total. The maximum Gasteiger partial charge on any atom is 4.00 e. The van der Waals surface area contributed by atoms with Gasteiger partial charge in [0.05, 0.1) is 0 Å². The van der Waals surface area contributed by atoms with Crippen molar-refractivity contribution in [3.05, 3.63) is 168 Å². The molecule has 0 atom stereocenters. The molecule has 11 heteroatoms. The SMILES string of the molecule is CC(=O)Oc1ccc2c(c1)cc(C)n2-c1ccc(F)[c-]c1F.CC(=O)Oc1ccc2c(c1)cc(C)n2-c1ccc(F)[c-]c1F.[C-]1=CC=CC1.[C-]1=CC=CC1.[Ti+4]. The summed E-state index contributed by atoms with van der Waals surface area (Å²) in [5, 5.41) is 1.58. The molecule has 0 bridgehead atoms. The number of carbonyl (C=O) groups is 2. The first-order chi connectivity index (χ1) is 25.9. The zero-order valence-corrected chi connectivity index (χ0v) is 31.9. The fourth-order valence-electron chi connectivity index (χ4n) is 5.66. The topological polar surface area (TPSA) is 62.5 Å². The Kier molecular flexibility index (Phi) is 15.0. The standard InChI is InChI=1S/2C17H12F2NO2.2C5H5.Ti/c2*1-10-7-12-8-14(22-11(2)21)4-6-16(12)20(10)17-5-3-13(18)9-15(17)19;2*1-2-4-5-3-1;/h2*3-8H,1-2H3;2*1-3H,4H2;/q4*-1;+4. The maximum absolute atomic E-state index is 14.0. The van der Waals surface area contributed by atoms with E-state index in [9.17, 15) is 27.2 Å². The van der Waals surface area contributed by atoms with Gasteiger partial charge < -0.3 is 18.6 Å². The molecule has 0 spiro atoms. The number of aromatic nitrogens is 2. The van der Waals surface area contributed by atoms with Crippen LogP contribution in [0.2, 0.25) is 0 Å². The number of esters is 2. The molecule has 0 saturated heterocycles. The Morgan fingerprint density at radius 3 is 1.29 bits per heavy atom. The maximum atomic E-state index is 14.0. The molecule has 6 aromatic rings. The Labute approximate surface area is 331 Å². The van der Waals surface area contributed by atoms with E-state index in [0.717, 1.165) is 58.2 Å². The quantitative estimate of drug-likeness (QED) is 0.0588. The molecule has 55 heavy (non-hydrogen) atoms. The van der Waals surface area contributed by atoms with Crippen LogP contribution >= 0.6 is 0 Å². The average Bonchev–Trinajstić information content (AvgIpc) is 3.94. The average molecular weight is 779 g/mol. The molecular weight excluding hydrogens is 744 g/mol. The summed E-state index contributed by atoms with van der Waals surface area (Å²) >= 11 is 0. The molecule has 2 heterocycles. The minimum absolute atomic E-state index is 0. The molecule has 2 aromatic heterocycles. The Morgan fingerprint density at radius 1 is 0.600 bits per heavy atom. The second-order valence-corrected chi connectivity index (χ2v) is 11.9. The van der Waals surface area contributed by atoms with Crippen LogP contribution in [0.3, 0.4) is 0 Å². The van der Waals surface area contributed by atoms with Crippen molar-refractivity contribution in [1.82, 2.24) is 9.13 Å². The predicted molar refractivity (Wildman–Crippen MR) is 199 cm³/mol. The molecule has 0 unspecified atom stereocenters. The normalized spacial score (nSPS) is 11.9. The first-order valence-electron chi connectivity index (χ1n) is 16.7. The number of aryl methyl sites for hydroxylation is 2.